The van der Waals surface area contributed by atoms with Crippen LogP contribution >= 0.6 is 34.5 Å². The van der Waals surface area contributed by atoms with Crippen molar-refractivity contribution in [1.82, 2.24) is 9.97 Å². The van der Waals surface area contributed by atoms with E-state index in [1.54, 1.807) is 10.6 Å². The van der Waals surface area contributed by atoms with Gasteiger partial charge in [0.15, 0.2) is 0 Å². The maximum Gasteiger partial charge on any atom is 0.374 e. The van der Waals surface area contributed by atoms with Crippen LogP contribution < -0.4 is 4.40 Å². The number of aromatic nitrogens is 3. The molecule has 0 aromatic carbocycles. The van der Waals surface area contributed by atoms with Crippen molar-refractivity contribution in [2.24, 2.45) is 0 Å². The summed E-state index contributed by atoms with van der Waals surface area (Å²) in [7, 11) is 0. The molecule has 0 unspecified atom stereocenters. The zero-order valence-corrected chi connectivity index (χ0v) is 7.49. The molecule has 0 atom stereocenters. The lowest BCUT2D eigenvalue weighted by Gasteiger charge is -1.83. The molecule has 0 N–H and O–H groups in total. The second kappa shape index (κ2) is 2.55. The summed E-state index contributed by atoms with van der Waals surface area (Å²) in [6, 6.07) is 0. The number of thiazole rings is 1. The van der Waals surface area contributed by atoms with Crippen LogP contribution in [0.1, 0.15) is 0 Å². The highest BCUT2D eigenvalue weighted by Crippen LogP contribution is 2.09. The molecule has 2 rings (SSSR count). The van der Waals surface area contributed by atoms with Crippen molar-refractivity contribution < 1.29 is 4.40 Å². The van der Waals surface area contributed by atoms with Gasteiger partial charge < -0.3 is 0 Å². The van der Waals surface area contributed by atoms with Gasteiger partial charge in [0.1, 0.15) is 0 Å². The number of hydrogen-bond donors (Lipinski definition) is 0. The number of halogens is 2. The first-order chi connectivity index (χ1) is 5.27. The van der Waals surface area contributed by atoms with Gasteiger partial charge in [-0.05, 0) is 33.2 Å². The van der Waals surface area contributed by atoms with Crippen LogP contribution in [0.25, 0.3) is 4.96 Å². The number of rotatable bonds is 0. The molecule has 0 amide bonds. The van der Waals surface area contributed by atoms with Gasteiger partial charge in [0, 0.05) is 5.38 Å². The molecule has 0 aliphatic heterocycles. The van der Waals surface area contributed by atoms with Crippen LogP contribution in [0.3, 0.4) is 0 Å². The van der Waals surface area contributed by atoms with Crippen molar-refractivity contribution in [3.8, 4) is 0 Å². The van der Waals surface area contributed by atoms with Crippen molar-refractivity contribution in [3.63, 3.8) is 0 Å². The second-order valence-corrected chi connectivity index (χ2v) is 3.37. The zero-order valence-electron chi connectivity index (χ0n) is 5.16. The Morgan fingerprint density at radius 3 is 3.00 bits per heavy atom. The monoisotopic (exact) mass is 206 g/mol. The Balaban J connectivity index is 2.91. The summed E-state index contributed by atoms with van der Waals surface area (Å²) < 4.78 is 1.66. The summed E-state index contributed by atoms with van der Waals surface area (Å²) >= 11 is 12.8. The van der Waals surface area contributed by atoms with Gasteiger partial charge in [-0.3, -0.25) is 0 Å². The molecule has 56 valence electrons. The zero-order chi connectivity index (χ0) is 7.84. The van der Waals surface area contributed by atoms with E-state index in [1.807, 2.05) is 5.38 Å². The third kappa shape index (κ3) is 1.17. The molecular formula is C5H2Cl2N3S+. The summed E-state index contributed by atoms with van der Waals surface area (Å²) in [5.41, 5.74) is 0. The lowest BCUT2D eigenvalue weighted by molar-refractivity contribution is -0.511. The summed E-state index contributed by atoms with van der Waals surface area (Å²) in [5, 5.41) is 2.38. The van der Waals surface area contributed by atoms with Gasteiger partial charge in [-0.25, -0.2) is 0 Å². The highest BCUT2D eigenvalue weighted by atomic mass is 35.5. The van der Waals surface area contributed by atoms with Crippen molar-refractivity contribution in [1.29, 1.82) is 0 Å². The summed E-state index contributed by atoms with van der Waals surface area (Å²) in [6.45, 7) is 0. The molecule has 0 fully saturated rings. The van der Waals surface area contributed by atoms with Crippen molar-refractivity contribution in [2.75, 3.05) is 0 Å². The van der Waals surface area contributed by atoms with E-state index in [9.17, 15) is 0 Å². The quantitative estimate of drug-likeness (QED) is 0.614. The molecule has 0 bridgehead atoms. The SMILES string of the molecule is Clc1nc(Cl)[n+]2ccsc2n1. The largest absolute Gasteiger partial charge is 0.374 e. The molecule has 2 aromatic rings. The topological polar surface area (TPSA) is 29.9 Å². The Bertz CT molecular complexity index is 400. The summed E-state index contributed by atoms with van der Waals surface area (Å²) in [5.74, 6) is 0. The van der Waals surface area contributed by atoms with Crippen LogP contribution in [0.5, 0.6) is 0 Å². The Hall–Kier alpha value is -0.450. The summed E-state index contributed by atoms with van der Waals surface area (Å²) in [6.07, 6.45) is 1.79. The minimum Gasteiger partial charge on any atom is -0.179 e. The standard InChI is InChI=1S/C5H2Cl2N3S/c6-3-8-4(7)10-1-2-11-5(10)9-3/h1-2H/q+1. The van der Waals surface area contributed by atoms with E-state index in [0.29, 0.717) is 5.28 Å². The highest BCUT2D eigenvalue weighted by Gasteiger charge is 2.13. The lowest BCUT2D eigenvalue weighted by Crippen LogP contribution is -2.22. The Labute approximate surface area is 76.2 Å². The minimum absolute atomic E-state index is 0.178. The lowest BCUT2D eigenvalue weighted by atomic mass is 10.9. The average molecular weight is 207 g/mol. The highest BCUT2D eigenvalue weighted by molar-refractivity contribution is 7.14. The predicted molar refractivity (Wildman–Crippen MR) is 43.1 cm³/mol. The Kier molecular flexibility index (Phi) is 1.67. The van der Waals surface area contributed by atoms with E-state index in [1.165, 1.54) is 11.3 Å². The summed E-state index contributed by atoms with van der Waals surface area (Å²) in [4.78, 5) is 8.46. The first-order valence-electron chi connectivity index (χ1n) is 2.75. The van der Waals surface area contributed by atoms with Gasteiger partial charge in [0.25, 0.3) is 0 Å². The molecule has 6 heteroatoms. The van der Waals surface area contributed by atoms with Crippen LogP contribution in [0.2, 0.25) is 10.6 Å². The van der Waals surface area contributed by atoms with Gasteiger partial charge in [-0.1, -0.05) is 11.3 Å². The minimum atomic E-state index is 0.178. The van der Waals surface area contributed by atoms with Crippen molar-refractivity contribution in [3.05, 3.63) is 22.1 Å². The van der Waals surface area contributed by atoms with E-state index in [2.05, 4.69) is 9.97 Å². The van der Waals surface area contributed by atoms with Gasteiger partial charge in [-0.2, -0.15) is 4.40 Å². The Morgan fingerprint density at radius 2 is 2.18 bits per heavy atom. The van der Waals surface area contributed by atoms with E-state index < -0.39 is 0 Å². The molecule has 3 nitrogen and oxygen atoms in total. The molecular weight excluding hydrogens is 205 g/mol. The normalized spacial score (nSPS) is 10.7. The fourth-order valence-electron chi connectivity index (χ4n) is 0.727. The van der Waals surface area contributed by atoms with E-state index in [0.717, 1.165) is 4.96 Å². The van der Waals surface area contributed by atoms with E-state index >= 15 is 0 Å². The molecule has 2 heterocycles. The molecule has 0 aliphatic carbocycles. The fourth-order valence-corrected chi connectivity index (χ4v) is 1.95. The van der Waals surface area contributed by atoms with Crippen molar-refractivity contribution in [2.45, 2.75) is 0 Å². The van der Waals surface area contributed by atoms with Gasteiger partial charge in [0.05, 0.1) is 6.20 Å². The molecule has 0 saturated heterocycles. The number of hydrogen-bond acceptors (Lipinski definition) is 3. The van der Waals surface area contributed by atoms with Crippen LogP contribution in [0.4, 0.5) is 0 Å². The van der Waals surface area contributed by atoms with Crippen LogP contribution in [0, 0.1) is 0 Å². The fraction of sp³-hybridized carbons (Fsp3) is 0. The van der Waals surface area contributed by atoms with Crippen LogP contribution in [0.15, 0.2) is 11.6 Å². The van der Waals surface area contributed by atoms with Gasteiger partial charge in [-0.15, -0.1) is 0 Å². The Morgan fingerprint density at radius 1 is 1.36 bits per heavy atom. The average Bonchev–Trinajstić information content (AvgIpc) is 2.34. The third-order valence-corrected chi connectivity index (χ3v) is 2.35. The second-order valence-electron chi connectivity index (χ2n) is 1.82. The van der Waals surface area contributed by atoms with Gasteiger partial charge in [0.2, 0.25) is 0 Å². The predicted octanol–water partition coefficient (Wildman–Crippen LogP) is 1.58. The molecule has 11 heavy (non-hydrogen) atoms. The molecule has 0 aliphatic rings. The first-order valence-corrected chi connectivity index (χ1v) is 4.39. The van der Waals surface area contributed by atoms with Crippen molar-refractivity contribution >= 4 is 39.5 Å². The van der Waals surface area contributed by atoms with E-state index in [-0.39, 0.29) is 5.28 Å². The first kappa shape index (κ1) is 7.21. The molecule has 2 aromatic heterocycles. The maximum atomic E-state index is 5.74. The van der Waals surface area contributed by atoms with Crippen LogP contribution in [-0.2, 0) is 0 Å². The molecule has 0 radical (unpaired) electrons. The van der Waals surface area contributed by atoms with Crippen LogP contribution in [-0.4, -0.2) is 9.97 Å². The maximum absolute atomic E-state index is 5.74. The molecule has 0 spiro atoms. The smallest absolute Gasteiger partial charge is 0.179 e. The molecule has 0 saturated carbocycles. The van der Waals surface area contributed by atoms with E-state index in [4.69, 9.17) is 23.2 Å². The number of fused-ring (bicyclic) bond motifs is 1. The van der Waals surface area contributed by atoms with Gasteiger partial charge >= 0.3 is 15.5 Å². The third-order valence-electron chi connectivity index (χ3n) is 1.16. The number of nitrogens with zero attached hydrogens (tertiary/aromatic N) is 3.